The molecule has 0 aliphatic carbocycles. The Kier molecular flexibility index (Phi) is 3.45. The van der Waals surface area contributed by atoms with E-state index in [0.717, 1.165) is 18.7 Å². The van der Waals surface area contributed by atoms with Gasteiger partial charge in [-0.05, 0) is 27.7 Å². The molecule has 0 amide bonds. The number of aromatic nitrogens is 2. The second-order valence-corrected chi connectivity index (χ2v) is 6.34. The summed E-state index contributed by atoms with van der Waals surface area (Å²) in [6, 6.07) is 8.68. The summed E-state index contributed by atoms with van der Waals surface area (Å²) >= 11 is 0. The van der Waals surface area contributed by atoms with Crippen molar-refractivity contribution >= 4 is 6.01 Å². The summed E-state index contributed by atoms with van der Waals surface area (Å²) in [4.78, 5) is 6.62. The average molecular weight is 287 g/mol. The lowest BCUT2D eigenvalue weighted by atomic mass is 10.1. The fraction of sp³-hybridized carbons (Fsp3) is 0.500. The van der Waals surface area contributed by atoms with Crippen LogP contribution in [0.25, 0.3) is 11.4 Å². The first kappa shape index (κ1) is 14.1. The van der Waals surface area contributed by atoms with E-state index in [2.05, 4.69) is 42.7 Å². The van der Waals surface area contributed by atoms with Gasteiger partial charge in [0.25, 0.3) is 0 Å². The van der Waals surface area contributed by atoms with E-state index in [1.54, 1.807) is 0 Å². The summed E-state index contributed by atoms with van der Waals surface area (Å²) < 4.78 is 11.3. The molecule has 1 aliphatic heterocycles. The van der Waals surface area contributed by atoms with Crippen LogP contribution in [0.2, 0.25) is 0 Å². The molecule has 0 spiro atoms. The van der Waals surface area contributed by atoms with Crippen LogP contribution >= 0.6 is 0 Å². The first-order chi connectivity index (χ1) is 9.93. The van der Waals surface area contributed by atoms with Gasteiger partial charge in [0.2, 0.25) is 5.82 Å². The zero-order valence-corrected chi connectivity index (χ0v) is 13.0. The molecule has 1 unspecified atom stereocenters. The maximum absolute atomic E-state index is 5.90. The van der Waals surface area contributed by atoms with Gasteiger partial charge in [0.15, 0.2) is 0 Å². The number of morpholine rings is 1. The molecule has 1 atom stereocenters. The van der Waals surface area contributed by atoms with Gasteiger partial charge in [-0.15, -0.1) is 0 Å². The molecule has 0 bridgehead atoms. The number of rotatable bonds is 2. The van der Waals surface area contributed by atoms with Crippen LogP contribution in [0.1, 0.15) is 26.3 Å². The van der Waals surface area contributed by atoms with Gasteiger partial charge in [-0.25, -0.2) is 0 Å². The standard InChI is InChI=1S/C16H21N3O2/c1-11-5-7-13(8-6-11)14-17-15(21-18-14)19-9-12(2)20-16(3,4)10-19/h5-8,12H,9-10H2,1-4H3. The highest BCUT2D eigenvalue weighted by Gasteiger charge is 2.33. The summed E-state index contributed by atoms with van der Waals surface area (Å²) in [5.74, 6) is 0.627. The Labute approximate surface area is 124 Å². The maximum Gasteiger partial charge on any atom is 0.324 e. The molecule has 1 saturated heterocycles. The molecule has 5 heteroatoms. The van der Waals surface area contributed by atoms with Crippen molar-refractivity contribution in [2.75, 3.05) is 18.0 Å². The van der Waals surface area contributed by atoms with Crippen LogP contribution in [0.15, 0.2) is 28.8 Å². The van der Waals surface area contributed by atoms with Gasteiger partial charge in [0, 0.05) is 12.1 Å². The second kappa shape index (κ2) is 5.15. The molecule has 0 N–H and O–H groups in total. The Morgan fingerprint density at radius 3 is 2.62 bits per heavy atom. The number of benzene rings is 1. The summed E-state index contributed by atoms with van der Waals surface area (Å²) in [6.45, 7) is 9.78. The van der Waals surface area contributed by atoms with E-state index in [4.69, 9.17) is 9.26 Å². The van der Waals surface area contributed by atoms with Crippen LogP contribution < -0.4 is 4.90 Å². The van der Waals surface area contributed by atoms with Crippen LogP contribution in [0.3, 0.4) is 0 Å². The largest absolute Gasteiger partial charge is 0.369 e. The Morgan fingerprint density at radius 1 is 1.24 bits per heavy atom. The van der Waals surface area contributed by atoms with Crippen molar-refractivity contribution in [1.82, 2.24) is 10.1 Å². The van der Waals surface area contributed by atoms with Gasteiger partial charge in [-0.2, -0.15) is 4.98 Å². The molecule has 0 radical (unpaired) electrons. The van der Waals surface area contributed by atoms with Gasteiger partial charge >= 0.3 is 6.01 Å². The number of aryl methyl sites for hydroxylation is 1. The average Bonchev–Trinajstić information content (AvgIpc) is 2.87. The second-order valence-electron chi connectivity index (χ2n) is 6.34. The highest BCUT2D eigenvalue weighted by atomic mass is 16.5. The van der Waals surface area contributed by atoms with E-state index >= 15 is 0 Å². The molecule has 2 heterocycles. The summed E-state index contributed by atoms with van der Waals surface area (Å²) in [6.07, 6.45) is 0.142. The monoisotopic (exact) mass is 287 g/mol. The van der Waals surface area contributed by atoms with Gasteiger partial charge in [0.1, 0.15) is 0 Å². The predicted octanol–water partition coefficient (Wildman–Crippen LogP) is 3.05. The number of anilines is 1. The molecule has 21 heavy (non-hydrogen) atoms. The third-order valence-corrected chi connectivity index (χ3v) is 3.56. The van der Waals surface area contributed by atoms with Gasteiger partial charge < -0.3 is 14.2 Å². The van der Waals surface area contributed by atoms with Crippen LogP contribution in [-0.2, 0) is 4.74 Å². The van der Waals surface area contributed by atoms with Crippen molar-refractivity contribution in [1.29, 1.82) is 0 Å². The van der Waals surface area contributed by atoms with Crippen molar-refractivity contribution in [2.24, 2.45) is 0 Å². The molecule has 5 nitrogen and oxygen atoms in total. The number of nitrogens with zero attached hydrogens (tertiary/aromatic N) is 3. The fourth-order valence-electron chi connectivity index (χ4n) is 2.76. The lowest BCUT2D eigenvalue weighted by Gasteiger charge is -2.40. The summed E-state index contributed by atoms with van der Waals surface area (Å²) in [5.41, 5.74) is 1.97. The van der Waals surface area contributed by atoms with Gasteiger partial charge in [-0.3, -0.25) is 0 Å². The van der Waals surface area contributed by atoms with E-state index in [-0.39, 0.29) is 11.7 Å². The molecule has 1 aliphatic rings. The van der Waals surface area contributed by atoms with Crippen molar-refractivity contribution in [3.05, 3.63) is 29.8 Å². The Hall–Kier alpha value is -1.88. The number of ether oxygens (including phenoxy) is 1. The summed E-state index contributed by atoms with van der Waals surface area (Å²) in [5, 5.41) is 4.10. The van der Waals surface area contributed by atoms with Crippen molar-refractivity contribution in [3.8, 4) is 11.4 Å². The predicted molar refractivity (Wildman–Crippen MR) is 81.3 cm³/mol. The highest BCUT2D eigenvalue weighted by molar-refractivity contribution is 5.56. The fourth-order valence-corrected chi connectivity index (χ4v) is 2.76. The Morgan fingerprint density at radius 2 is 1.95 bits per heavy atom. The summed E-state index contributed by atoms with van der Waals surface area (Å²) in [7, 11) is 0. The van der Waals surface area contributed by atoms with E-state index in [1.165, 1.54) is 5.56 Å². The molecule has 1 fully saturated rings. The molecule has 0 saturated carbocycles. The molecule has 2 aromatic rings. The highest BCUT2D eigenvalue weighted by Crippen LogP contribution is 2.26. The molecular formula is C16H21N3O2. The van der Waals surface area contributed by atoms with E-state index < -0.39 is 0 Å². The van der Waals surface area contributed by atoms with Crippen molar-refractivity contribution < 1.29 is 9.26 Å². The third kappa shape index (κ3) is 3.08. The van der Waals surface area contributed by atoms with Crippen LogP contribution in [0, 0.1) is 6.92 Å². The normalized spacial score (nSPS) is 21.5. The molecule has 3 rings (SSSR count). The Bertz CT molecular complexity index is 619. The van der Waals surface area contributed by atoms with E-state index in [1.807, 2.05) is 24.3 Å². The molecule has 112 valence electrons. The molecular weight excluding hydrogens is 266 g/mol. The number of hydrogen-bond donors (Lipinski definition) is 0. The SMILES string of the molecule is Cc1ccc(-c2noc(N3CC(C)OC(C)(C)C3)n2)cc1. The smallest absolute Gasteiger partial charge is 0.324 e. The van der Waals surface area contributed by atoms with Crippen LogP contribution in [-0.4, -0.2) is 34.9 Å². The molecule has 1 aromatic heterocycles. The van der Waals surface area contributed by atoms with Crippen LogP contribution in [0.5, 0.6) is 0 Å². The van der Waals surface area contributed by atoms with Gasteiger partial charge in [0.05, 0.1) is 18.2 Å². The van der Waals surface area contributed by atoms with Crippen molar-refractivity contribution in [3.63, 3.8) is 0 Å². The quantitative estimate of drug-likeness (QED) is 0.849. The lowest BCUT2D eigenvalue weighted by Crippen LogP contribution is -2.52. The first-order valence-electron chi connectivity index (χ1n) is 7.26. The van der Waals surface area contributed by atoms with Crippen molar-refractivity contribution in [2.45, 2.75) is 39.4 Å². The maximum atomic E-state index is 5.90. The molecule has 1 aromatic carbocycles. The zero-order valence-electron chi connectivity index (χ0n) is 13.0. The van der Waals surface area contributed by atoms with Crippen LogP contribution in [0.4, 0.5) is 6.01 Å². The van der Waals surface area contributed by atoms with E-state index in [0.29, 0.717) is 11.8 Å². The first-order valence-corrected chi connectivity index (χ1v) is 7.26. The van der Waals surface area contributed by atoms with E-state index in [9.17, 15) is 0 Å². The minimum Gasteiger partial charge on any atom is -0.369 e. The topological polar surface area (TPSA) is 51.4 Å². The minimum atomic E-state index is -0.212. The Balaban J connectivity index is 1.83. The lowest BCUT2D eigenvalue weighted by molar-refractivity contribution is -0.0762. The van der Waals surface area contributed by atoms with Gasteiger partial charge in [-0.1, -0.05) is 35.0 Å². The third-order valence-electron chi connectivity index (χ3n) is 3.56. The zero-order chi connectivity index (χ0) is 15.0. The number of hydrogen-bond acceptors (Lipinski definition) is 5. The minimum absolute atomic E-state index is 0.142.